The van der Waals surface area contributed by atoms with E-state index in [4.69, 9.17) is 17.3 Å². The average molecular weight is 267 g/mol. The summed E-state index contributed by atoms with van der Waals surface area (Å²) < 4.78 is 0. The second-order valence-electron chi connectivity index (χ2n) is 4.91. The highest BCUT2D eigenvalue weighted by molar-refractivity contribution is 6.33. The Kier molecular flexibility index (Phi) is 4.12. The Bertz CT molecular complexity index is 441. The maximum atomic E-state index is 12.4. The molecule has 1 aromatic rings. The first-order valence-corrected chi connectivity index (χ1v) is 6.80. The van der Waals surface area contributed by atoms with Gasteiger partial charge in [0.05, 0.1) is 16.3 Å². The average Bonchev–Trinajstić information content (AvgIpc) is 2.41. The van der Waals surface area contributed by atoms with Crippen molar-refractivity contribution < 1.29 is 4.79 Å². The molecule has 98 valence electrons. The molecule has 2 rings (SSSR count). The Balaban J connectivity index is 2.17. The molecule has 2 N–H and O–H groups in total. The fourth-order valence-corrected chi connectivity index (χ4v) is 2.72. The molecule has 0 heterocycles. The van der Waals surface area contributed by atoms with Crippen LogP contribution in [0.3, 0.4) is 0 Å². The molecule has 18 heavy (non-hydrogen) atoms. The van der Waals surface area contributed by atoms with Crippen LogP contribution in [-0.2, 0) is 0 Å². The summed E-state index contributed by atoms with van der Waals surface area (Å²) in [7, 11) is 1.86. The first-order valence-electron chi connectivity index (χ1n) is 6.42. The Morgan fingerprint density at radius 3 is 2.67 bits per heavy atom. The van der Waals surface area contributed by atoms with Crippen LogP contribution in [0, 0.1) is 0 Å². The normalized spacial score (nSPS) is 16.6. The molecule has 0 aromatic heterocycles. The number of amides is 1. The van der Waals surface area contributed by atoms with E-state index in [2.05, 4.69) is 0 Å². The van der Waals surface area contributed by atoms with Gasteiger partial charge in [-0.1, -0.05) is 36.9 Å². The molecule has 1 aliphatic rings. The zero-order valence-electron chi connectivity index (χ0n) is 10.7. The number of anilines is 1. The third-order valence-corrected chi connectivity index (χ3v) is 4.06. The minimum Gasteiger partial charge on any atom is -0.397 e. The molecule has 0 radical (unpaired) electrons. The van der Waals surface area contributed by atoms with Crippen LogP contribution >= 0.6 is 11.6 Å². The summed E-state index contributed by atoms with van der Waals surface area (Å²) in [6, 6.07) is 5.54. The molecule has 3 nitrogen and oxygen atoms in total. The van der Waals surface area contributed by atoms with Gasteiger partial charge in [0.1, 0.15) is 0 Å². The third kappa shape index (κ3) is 2.61. The Morgan fingerprint density at radius 1 is 1.33 bits per heavy atom. The monoisotopic (exact) mass is 266 g/mol. The van der Waals surface area contributed by atoms with Crippen molar-refractivity contribution >= 4 is 23.2 Å². The highest BCUT2D eigenvalue weighted by Gasteiger charge is 2.24. The molecule has 4 heteroatoms. The molecule has 1 fully saturated rings. The van der Waals surface area contributed by atoms with Crippen molar-refractivity contribution in [2.24, 2.45) is 0 Å². The van der Waals surface area contributed by atoms with Crippen molar-refractivity contribution in [3.8, 4) is 0 Å². The zero-order chi connectivity index (χ0) is 13.1. The van der Waals surface area contributed by atoms with E-state index in [1.54, 1.807) is 18.2 Å². The predicted octanol–water partition coefficient (Wildman–Crippen LogP) is 3.33. The number of hydrogen-bond donors (Lipinski definition) is 1. The van der Waals surface area contributed by atoms with E-state index in [1.807, 2.05) is 11.9 Å². The Morgan fingerprint density at radius 2 is 2.00 bits per heavy atom. The predicted molar refractivity (Wildman–Crippen MR) is 74.8 cm³/mol. The van der Waals surface area contributed by atoms with Crippen molar-refractivity contribution in [2.45, 2.75) is 38.1 Å². The molecule has 0 saturated heterocycles. The van der Waals surface area contributed by atoms with E-state index in [1.165, 1.54) is 19.3 Å². The maximum absolute atomic E-state index is 12.4. The summed E-state index contributed by atoms with van der Waals surface area (Å²) in [4.78, 5) is 14.2. The van der Waals surface area contributed by atoms with Crippen LogP contribution in [0.25, 0.3) is 0 Å². The van der Waals surface area contributed by atoms with Gasteiger partial charge < -0.3 is 10.6 Å². The number of para-hydroxylation sites is 1. The van der Waals surface area contributed by atoms with Crippen LogP contribution in [0.1, 0.15) is 42.5 Å². The summed E-state index contributed by atoms with van der Waals surface area (Å²) in [5.41, 5.74) is 6.76. The minimum atomic E-state index is -0.0260. The lowest BCUT2D eigenvalue weighted by atomic mass is 9.94. The van der Waals surface area contributed by atoms with Crippen LogP contribution in [-0.4, -0.2) is 23.9 Å². The van der Waals surface area contributed by atoms with E-state index >= 15 is 0 Å². The number of hydrogen-bond acceptors (Lipinski definition) is 2. The fraction of sp³-hybridized carbons (Fsp3) is 0.500. The largest absolute Gasteiger partial charge is 0.397 e. The number of nitrogen functional groups attached to an aromatic ring is 1. The van der Waals surface area contributed by atoms with Gasteiger partial charge in [-0.15, -0.1) is 0 Å². The molecule has 1 saturated carbocycles. The topological polar surface area (TPSA) is 46.3 Å². The number of nitrogens with two attached hydrogens (primary N) is 1. The zero-order valence-corrected chi connectivity index (χ0v) is 11.4. The first-order chi connectivity index (χ1) is 8.61. The van der Waals surface area contributed by atoms with Gasteiger partial charge in [0.25, 0.3) is 5.91 Å². The molecule has 1 amide bonds. The van der Waals surface area contributed by atoms with Crippen molar-refractivity contribution in [1.82, 2.24) is 4.90 Å². The first kappa shape index (κ1) is 13.2. The van der Waals surface area contributed by atoms with Gasteiger partial charge in [-0.25, -0.2) is 0 Å². The smallest absolute Gasteiger partial charge is 0.255 e. The highest BCUT2D eigenvalue weighted by atomic mass is 35.5. The van der Waals surface area contributed by atoms with Crippen molar-refractivity contribution in [3.05, 3.63) is 28.8 Å². The molecular weight excluding hydrogens is 248 g/mol. The number of nitrogens with zero attached hydrogens (tertiary/aromatic N) is 1. The number of carbonyl (C=O) groups excluding carboxylic acids is 1. The fourth-order valence-electron chi connectivity index (χ4n) is 2.55. The number of rotatable bonds is 2. The van der Waals surface area contributed by atoms with Crippen LogP contribution in [0.2, 0.25) is 5.02 Å². The van der Waals surface area contributed by atoms with Crippen molar-refractivity contribution in [2.75, 3.05) is 12.8 Å². The quantitative estimate of drug-likeness (QED) is 0.835. The van der Waals surface area contributed by atoms with Gasteiger partial charge in [-0.3, -0.25) is 4.79 Å². The van der Waals surface area contributed by atoms with Gasteiger partial charge in [0.2, 0.25) is 0 Å². The SMILES string of the molecule is CN(C(=O)c1cccc(Cl)c1N)C1CCCCC1. The summed E-state index contributed by atoms with van der Waals surface area (Å²) in [6.45, 7) is 0. The summed E-state index contributed by atoms with van der Waals surface area (Å²) in [5, 5.41) is 0.442. The molecule has 0 bridgehead atoms. The lowest BCUT2D eigenvalue weighted by Crippen LogP contribution is -2.38. The minimum absolute atomic E-state index is 0.0260. The second kappa shape index (κ2) is 5.61. The molecule has 1 aliphatic carbocycles. The van der Waals surface area contributed by atoms with E-state index < -0.39 is 0 Å². The summed E-state index contributed by atoms with van der Waals surface area (Å²) >= 11 is 5.95. The van der Waals surface area contributed by atoms with Gasteiger partial charge in [0, 0.05) is 13.1 Å². The van der Waals surface area contributed by atoms with Crippen molar-refractivity contribution in [3.63, 3.8) is 0 Å². The van der Waals surface area contributed by atoms with Gasteiger partial charge >= 0.3 is 0 Å². The second-order valence-corrected chi connectivity index (χ2v) is 5.32. The van der Waals surface area contributed by atoms with Gasteiger partial charge in [-0.2, -0.15) is 0 Å². The molecule has 0 spiro atoms. The van der Waals surface area contributed by atoms with Gasteiger partial charge in [0.15, 0.2) is 0 Å². The number of halogens is 1. The van der Waals surface area contributed by atoms with Gasteiger partial charge in [-0.05, 0) is 25.0 Å². The molecule has 1 aromatic carbocycles. The molecule has 0 atom stereocenters. The van der Waals surface area contributed by atoms with Crippen LogP contribution < -0.4 is 5.73 Å². The third-order valence-electron chi connectivity index (χ3n) is 3.73. The van der Waals surface area contributed by atoms with Crippen molar-refractivity contribution in [1.29, 1.82) is 0 Å². The lowest BCUT2D eigenvalue weighted by molar-refractivity contribution is 0.0697. The van der Waals surface area contributed by atoms with E-state index in [0.29, 0.717) is 22.3 Å². The lowest BCUT2D eigenvalue weighted by Gasteiger charge is -2.31. The Labute approximate surface area is 113 Å². The number of benzene rings is 1. The van der Waals surface area contributed by atoms with Crippen LogP contribution in [0.15, 0.2) is 18.2 Å². The maximum Gasteiger partial charge on any atom is 0.255 e. The molecule has 0 aliphatic heterocycles. The van der Waals surface area contributed by atoms with Crippen LogP contribution in [0.4, 0.5) is 5.69 Å². The molecular formula is C14H19ClN2O. The van der Waals surface area contributed by atoms with E-state index in [0.717, 1.165) is 12.8 Å². The summed E-state index contributed by atoms with van der Waals surface area (Å²) in [5.74, 6) is -0.0260. The Hall–Kier alpha value is -1.22. The van der Waals surface area contributed by atoms with E-state index in [-0.39, 0.29) is 5.91 Å². The van der Waals surface area contributed by atoms with E-state index in [9.17, 15) is 4.79 Å². The molecule has 0 unspecified atom stereocenters. The van der Waals surface area contributed by atoms with Crippen LogP contribution in [0.5, 0.6) is 0 Å². The standard InChI is InChI=1S/C14H19ClN2O/c1-17(10-6-3-2-4-7-10)14(18)11-8-5-9-12(15)13(11)16/h5,8-10H,2-4,6-7,16H2,1H3. The highest BCUT2D eigenvalue weighted by Crippen LogP contribution is 2.27. The number of carbonyl (C=O) groups is 1. The summed E-state index contributed by atoms with van der Waals surface area (Å²) in [6.07, 6.45) is 5.85.